The molecule has 17 heavy (non-hydrogen) atoms. The minimum absolute atomic E-state index is 0.0954. The van der Waals surface area contributed by atoms with Crippen LogP contribution in [0, 0.1) is 0 Å². The fourth-order valence-corrected chi connectivity index (χ4v) is 2.09. The highest BCUT2D eigenvalue weighted by Crippen LogP contribution is 2.30. The van der Waals surface area contributed by atoms with Crippen molar-refractivity contribution >= 4 is 11.8 Å². The van der Waals surface area contributed by atoms with Gasteiger partial charge in [0.05, 0.1) is 18.8 Å². The van der Waals surface area contributed by atoms with Gasteiger partial charge in [-0.3, -0.25) is 0 Å². The molecule has 86 valence electrons. The van der Waals surface area contributed by atoms with Gasteiger partial charge in [0.1, 0.15) is 11.4 Å². The van der Waals surface area contributed by atoms with Crippen molar-refractivity contribution in [2.45, 2.75) is 12.6 Å². The van der Waals surface area contributed by atoms with Crippen molar-refractivity contribution in [3.8, 4) is 0 Å². The highest BCUT2D eigenvalue weighted by molar-refractivity contribution is 5.93. The van der Waals surface area contributed by atoms with Crippen LogP contribution in [-0.2, 0) is 6.54 Å². The average molecular weight is 229 g/mol. The third-order valence-corrected chi connectivity index (χ3v) is 2.94. The quantitative estimate of drug-likeness (QED) is 0.823. The second kappa shape index (κ2) is 3.62. The Morgan fingerprint density at radius 3 is 2.88 bits per heavy atom. The van der Waals surface area contributed by atoms with Crippen molar-refractivity contribution in [2.24, 2.45) is 0 Å². The first-order valence-corrected chi connectivity index (χ1v) is 5.36. The molecule has 2 aromatic rings. The first-order valence-electron chi connectivity index (χ1n) is 5.36. The lowest BCUT2D eigenvalue weighted by Crippen LogP contribution is -2.08. The lowest BCUT2D eigenvalue weighted by Gasteiger charge is -2.10. The molecule has 1 atom stereocenters. The van der Waals surface area contributed by atoms with Gasteiger partial charge in [0.15, 0.2) is 0 Å². The first kappa shape index (κ1) is 9.89. The van der Waals surface area contributed by atoms with Gasteiger partial charge >= 0.3 is 5.97 Å². The maximum Gasteiger partial charge on any atom is 0.341 e. The number of nitrogens with one attached hydrogen (secondary N) is 1. The predicted molar refractivity (Wildman–Crippen MR) is 62.0 cm³/mol. The summed E-state index contributed by atoms with van der Waals surface area (Å²) in [6.07, 6.45) is 1.38. The monoisotopic (exact) mass is 229 g/mol. The Morgan fingerprint density at radius 2 is 2.18 bits per heavy atom. The molecule has 0 radical (unpaired) electrons. The number of anilines is 1. The number of carboxylic acid groups (broad SMARTS) is 1. The van der Waals surface area contributed by atoms with Gasteiger partial charge in [-0.2, -0.15) is 5.10 Å². The smallest absolute Gasteiger partial charge is 0.341 e. The van der Waals surface area contributed by atoms with Crippen LogP contribution in [0.1, 0.15) is 22.0 Å². The molecule has 0 unspecified atom stereocenters. The lowest BCUT2D eigenvalue weighted by atomic mass is 10.1. The molecule has 3 rings (SSSR count). The van der Waals surface area contributed by atoms with E-state index in [2.05, 4.69) is 10.4 Å². The summed E-state index contributed by atoms with van der Waals surface area (Å²) in [7, 11) is 0. The summed E-state index contributed by atoms with van der Waals surface area (Å²) in [6, 6.07) is 10.0. The van der Waals surface area contributed by atoms with E-state index in [4.69, 9.17) is 5.11 Å². The summed E-state index contributed by atoms with van der Waals surface area (Å²) in [5, 5.41) is 16.3. The maximum atomic E-state index is 11.0. The highest BCUT2D eigenvalue weighted by atomic mass is 16.4. The van der Waals surface area contributed by atoms with Gasteiger partial charge in [-0.1, -0.05) is 30.3 Å². The summed E-state index contributed by atoms with van der Waals surface area (Å²) in [5.41, 5.74) is 1.36. The van der Waals surface area contributed by atoms with Gasteiger partial charge < -0.3 is 10.4 Å². The fourth-order valence-electron chi connectivity index (χ4n) is 2.09. The molecule has 0 bridgehead atoms. The molecule has 2 N–H and O–H groups in total. The Labute approximate surface area is 97.7 Å². The SMILES string of the molecule is O=C(O)c1cnn2c1N[C@H](c1ccccc1)C2. The number of benzene rings is 1. The zero-order valence-corrected chi connectivity index (χ0v) is 9.00. The van der Waals surface area contributed by atoms with Crippen molar-refractivity contribution in [3.05, 3.63) is 47.7 Å². The van der Waals surface area contributed by atoms with Gasteiger partial charge in [-0.15, -0.1) is 0 Å². The van der Waals surface area contributed by atoms with Crippen molar-refractivity contribution in [1.82, 2.24) is 9.78 Å². The second-order valence-electron chi connectivity index (χ2n) is 4.00. The summed E-state index contributed by atoms with van der Waals surface area (Å²) >= 11 is 0. The number of rotatable bonds is 2. The Morgan fingerprint density at radius 1 is 1.41 bits per heavy atom. The van der Waals surface area contributed by atoms with E-state index in [1.54, 1.807) is 4.68 Å². The van der Waals surface area contributed by atoms with E-state index in [1.807, 2.05) is 30.3 Å². The molecule has 2 heterocycles. The molecule has 0 aliphatic carbocycles. The minimum atomic E-state index is -0.951. The van der Waals surface area contributed by atoms with Crippen molar-refractivity contribution < 1.29 is 9.90 Å². The third-order valence-electron chi connectivity index (χ3n) is 2.94. The molecule has 1 aromatic heterocycles. The minimum Gasteiger partial charge on any atom is -0.477 e. The van der Waals surface area contributed by atoms with Crippen LogP contribution in [0.15, 0.2) is 36.5 Å². The third kappa shape index (κ3) is 1.56. The molecule has 5 nitrogen and oxygen atoms in total. The first-order chi connectivity index (χ1) is 8.25. The standard InChI is InChI=1S/C12H11N3O2/c16-12(17)9-6-13-15-7-10(14-11(9)15)8-4-2-1-3-5-8/h1-6,10,14H,7H2,(H,16,17)/t10-/m0/s1. The summed E-state index contributed by atoms with van der Waals surface area (Å²) in [5.74, 6) is -0.362. The Hall–Kier alpha value is -2.30. The average Bonchev–Trinajstić information content (AvgIpc) is 2.88. The van der Waals surface area contributed by atoms with E-state index in [0.717, 1.165) is 5.56 Å². The van der Waals surface area contributed by atoms with Crippen LogP contribution in [0.2, 0.25) is 0 Å². The van der Waals surface area contributed by atoms with Gasteiger partial charge in [-0.25, -0.2) is 9.48 Å². The van der Waals surface area contributed by atoms with E-state index in [1.165, 1.54) is 6.20 Å². The van der Waals surface area contributed by atoms with Crippen molar-refractivity contribution in [1.29, 1.82) is 0 Å². The number of fused-ring (bicyclic) bond motifs is 1. The van der Waals surface area contributed by atoms with Crippen LogP contribution in [0.3, 0.4) is 0 Å². The molecule has 5 heteroatoms. The number of carboxylic acids is 1. The van der Waals surface area contributed by atoms with Gasteiger partial charge in [0.25, 0.3) is 0 Å². The number of nitrogens with zero attached hydrogens (tertiary/aromatic N) is 2. The van der Waals surface area contributed by atoms with Crippen LogP contribution >= 0.6 is 0 Å². The summed E-state index contributed by atoms with van der Waals surface area (Å²) < 4.78 is 1.70. The van der Waals surface area contributed by atoms with E-state index < -0.39 is 5.97 Å². The van der Waals surface area contributed by atoms with Crippen molar-refractivity contribution in [3.63, 3.8) is 0 Å². The van der Waals surface area contributed by atoms with Crippen LogP contribution in [-0.4, -0.2) is 20.9 Å². The molecule has 0 spiro atoms. The molecule has 0 saturated carbocycles. The topological polar surface area (TPSA) is 67.1 Å². The molecular formula is C12H11N3O2. The van der Waals surface area contributed by atoms with Crippen LogP contribution in [0.25, 0.3) is 0 Å². The number of aromatic carboxylic acids is 1. The normalized spacial score (nSPS) is 17.5. The van der Waals surface area contributed by atoms with E-state index >= 15 is 0 Å². The number of hydrogen-bond donors (Lipinski definition) is 2. The second-order valence-corrected chi connectivity index (χ2v) is 4.00. The van der Waals surface area contributed by atoms with E-state index in [0.29, 0.717) is 12.4 Å². The summed E-state index contributed by atoms with van der Waals surface area (Å²) in [6.45, 7) is 0.659. The molecular weight excluding hydrogens is 218 g/mol. The molecule has 1 aliphatic rings. The van der Waals surface area contributed by atoms with E-state index in [-0.39, 0.29) is 11.6 Å². The Balaban J connectivity index is 1.91. The molecule has 0 saturated heterocycles. The Kier molecular flexibility index (Phi) is 2.11. The van der Waals surface area contributed by atoms with Gasteiger partial charge in [-0.05, 0) is 5.56 Å². The van der Waals surface area contributed by atoms with Gasteiger partial charge in [0, 0.05) is 0 Å². The van der Waals surface area contributed by atoms with Crippen molar-refractivity contribution in [2.75, 3.05) is 5.32 Å². The maximum absolute atomic E-state index is 11.0. The molecule has 1 aliphatic heterocycles. The van der Waals surface area contributed by atoms with Crippen LogP contribution in [0.5, 0.6) is 0 Å². The summed E-state index contributed by atoms with van der Waals surface area (Å²) in [4.78, 5) is 11.0. The largest absolute Gasteiger partial charge is 0.477 e. The Bertz CT molecular complexity index is 562. The van der Waals surface area contributed by atoms with Crippen LogP contribution in [0.4, 0.5) is 5.82 Å². The van der Waals surface area contributed by atoms with E-state index in [9.17, 15) is 4.79 Å². The lowest BCUT2D eigenvalue weighted by molar-refractivity contribution is 0.0698. The molecule has 1 aromatic carbocycles. The molecule has 0 fully saturated rings. The van der Waals surface area contributed by atoms with Gasteiger partial charge in [0.2, 0.25) is 0 Å². The van der Waals surface area contributed by atoms with Crippen LogP contribution < -0.4 is 5.32 Å². The highest BCUT2D eigenvalue weighted by Gasteiger charge is 2.27. The number of carbonyl (C=O) groups is 1. The zero-order chi connectivity index (χ0) is 11.8. The predicted octanol–water partition coefficient (Wildman–Crippen LogP) is 1.75. The zero-order valence-electron chi connectivity index (χ0n) is 9.00. The molecule has 0 amide bonds. The fraction of sp³-hybridized carbons (Fsp3) is 0.167. The number of aromatic nitrogens is 2. The number of hydrogen-bond acceptors (Lipinski definition) is 3.